The standard InChI is InChI=1S/C14H25N3O/c15-14(17-6-8-18-9-7-17)16-13-10-12(13)11-4-2-1-3-5-11/h11-13H,1-10H2,(H2,15,16)/t12-,13+/m0/s1. The van der Waals surface area contributed by atoms with Gasteiger partial charge in [0, 0.05) is 13.1 Å². The van der Waals surface area contributed by atoms with Gasteiger partial charge < -0.3 is 15.4 Å². The lowest BCUT2D eigenvalue weighted by atomic mass is 9.85. The SMILES string of the molecule is NC(=N[C@@H]1C[C@H]1C1CCCCC1)N1CCOCC1. The van der Waals surface area contributed by atoms with Crippen molar-refractivity contribution in [2.45, 2.75) is 44.6 Å². The van der Waals surface area contributed by atoms with Gasteiger partial charge in [0.2, 0.25) is 0 Å². The monoisotopic (exact) mass is 251 g/mol. The molecule has 0 aromatic rings. The highest BCUT2D eigenvalue weighted by molar-refractivity contribution is 5.78. The van der Waals surface area contributed by atoms with Gasteiger partial charge in [-0.05, 0) is 18.3 Å². The summed E-state index contributed by atoms with van der Waals surface area (Å²) in [6.45, 7) is 3.37. The molecule has 0 spiro atoms. The predicted molar refractivity (Wildman–Crippen MR) is 72.5 cm³/mol. The van der Waals surface area contributed by atoms with Crippen LogP contribution in [0, 0.1) is 11.8 Å². The largest absolute Gasteiger partial charge is 0.378 e. The zero-order valence-electron chi connectivity index (χ0n) is 11.2. The highest BCUT2D eigenvalue weighted by atomic mass is 16.5. The molecule has 2 saturated carbocycles. The molecule has 3 aliphatic rings. The Morgan fingerprint density at radius 3 is 2.56 bits per heavy atom. The summed E-state index contributed by atoms with van der Waals surface area (Å²) < 4.78 is 5.33. The van der Waals surface area contributed by atoms with Gasteiger partial charge in [0.25, 0.3) is 0 Å². The Labute approximate surface area is 110 Å². The summed E-state index contributed by atoms with van der Waals surface area (Å²) in [5.41, 5.74) is 6.10. The minimum atomic E-state index is 0.524. The second kappa shape index (κ2) is 5.47. The van der Waals surface area contributed by atoms with Gasteiger partial charge in [-0.3, -0.25) is 0 Å². The number of ether oxygens (including phenoxy) is 1. The first kappa shape index (κ1) is 12.3. The van der Waals surface area contributed by atoms with Crippen LogP contribution in [0.4, 0.5) is 0 Å². The zero-order chi connectivity index (χ0) is 12.4. The molecular formula is C14H25N3O. The van der Waals surface area contributed by atoms with Crippen molar-refractivity contribution in [2.75, 3.05) is 26.3 Å². The molecule has 1 aliphatic heterocycles. The van der Waals surface area contributed by atoms with Crippen LogP contribution in [-0.2, 0) is 4.74 Å². The van der Waals surface area contributed by atoms with Crippen LogP contribution < -0.4 is 5.73 Å². The van der Waals surface area contributed by atoms with E-state index < -0.39 is 0 Å². The van der Waals surface area contributed by atoms with Crippen molar-refractivity contribution < 1.29 is 4.74 Å². The molecule has 0 bridgehead atoms. The van der Waals surface area contributed by atoms with E-state index in [1.54, 1.807) is 0 Å². The molecule has 2 N–H and O–H groups in total. The van der Waals surface area contributed by atoms with Crippen LogP contribution in [0.2, 0.25) is 0 Å². The van der Waals surface area contributed by atoms with Crippen LogP contribution in [0.1, 0.15) is 38.5 Å². The topological polar surface area (TPSA) is 50.8 Å². The Bertz CT molecular complexity index is 306. The maximum absolute atomic E-state index is 6.10. The van der Waals surface area contributed by atoms with Crippen molar-refractivity contribution in [3.63, 3.8) is 0 Å². The van der Waals surface area contributed by atoms with Crippen molar-refractivity contribution in [2.24, 2.45) is 22.6 Å². The van der Waals surface area contributed by atoms with Crippen molar-refractivity contribution in [3.05, 3.63) is 0 Å². The van der Waals surface area contributed by atoms with E-state index in [0.29, 0.717) is 6.04 Å². The Hall–Kier alpha value is -0.770. The number of hydrogen-bond donors (Lipinski definition) is 1. The molecule has 18 heavy (non-hydrogen) atoms. The molecule has 102 valence electrons. The normalized spacial score (nSPS) is 34.7. The van der Waals surface area contributed by atoms with Crippen LogP contribution in [0.5, 0.6) is 0 Å². The maximum Gasteiger partial charge on any atom is 0.191 e. The second-order valence-electron chi connectivity index (χ2n) is 5.95. The first-order chi connectivity index (χ1) is 8.84. The minimum Gasteiger partial charge on any atom is -0.378 e. The summed E-state index contributed by atoms with van der Waals surface area (Å²) in [7, 11) is 0. The molecule has 3 fully saturated rings. The molecule has 0 amide bonds. The van der Waals surface area contributed by atoms with Crippen LogP contribution in [0.15, 0.2) is 4.99 Å². The fourth-order valence-corrected chi connectivity index (χ4v) is 3.46. The first-order valence-electron chi connectivity index (χ1n) is 7.50. The number of rotatable bonds is 2. The molecule has 4 nitrogen and oxygen atoms in total. The fraction of sp³-hybridized carbons (Fsp3) is 0.929. The zero-order valence-corrected chi connectivity index (χ0v) is 11.2. The van der Waals surface area contributed by atoms with Gasteiger partial charge in [-0.15, -0.1) is 0 Å². The molecule has 0 unspecified atom stereocenters. The molecule has 0 aromatic carbocycles. The summed E-state index contributed by atoms with van der Waals surface area (Å²) in [6, 6.07) is 0.524. The van der Waals surface area contributed by atoms with Gasteiger partial charge in [-0.1, -0.05) is 32.1 Å². The predicted octanol–water partition coefficient (Wildman–Crippen LogP) is 1.60. The van der Waals surface area contributed by atoms with E-state index in [9.17, 15) is 0 Å². The third kappa shape index (κ3) is 2.79. The molecule has 0 aromatic heterocycles. The molecule has 4 heteroatoms. The Morgan fingerprint density at radius 2 is 1.83 bits per heavy atom. The lowest BCUT2D eigenvalue weighted by Crippen LogP contribution is -2.45. The van der Waals surface area contributed by atoms with E-state index in [1.165, 1.54) is 38.5 Å². The quantitative estimate of drug-likeness (QED) is 0.599. The molecule has 1 heterocycles. The maximum atomic E-state index is 6.10. The average molecular weight is 251 g/mol. The van der Waals surface area contributed by atoms with E-state index in [4.69, 9.17) is 15.5 Å². The lowest BCUT2D eigenvalue weighted by molar-refractivity contribution is 0.0674. The van der Waals surface area contributed by atoms with Crippen molar-refractivity contribution in [3.8, 4) is 0 Å². The summed E-state index contributed by atoms with van der Waals surface area (Å²) >= 11 is 0. The van der Waals surface area contributed by atoms with Crippen molar-refractivity contribution in [1.29, 1.82) is 0 Å². The highest BCUT2D eigenvalue weighted by Gasteiger charge is 2.43. The molecular weight excluding hydrogens is 226 g/mol. The van der Waals surface area contributed by atoms with Crippen LogP contribution in [0.25, 0.3) is 0 Å². The third-order valence-electron chi connectivity index (χ3n) is 4.69. The van der Waals surface area contributed by atoms with E-state index in [1.807, 2.05) is 0 Å². The Kier molecular flexibility index (Phi) is 3.73. The highest BCUT2D eigenvalue weighted by Crippen LogP contribution is 2.46. The molecule has 2 atom stereocenters. The number of hydrogen-bond acceptors (Lipinski definition) is 2. The van der Waals surface area contributed by atoms with Crippen LogP contribution in [-0.4, -0.2) is 43.2 Å². The minimum absolute atomic E-state index is 0.524. The third-order valence-corrected chi connectivity index (χ3v) is 4.69. The number of guanidine groups is 1. The van der Waals surface area contributed by atoms with Gasteiger partial charge in [-0.25, -0.2) is 4.99 Å². The van der Waals surface area contributed by atoms with E-state index in [0.717, 1.165) is 44.1 Å². The number of aliphatic imine (C=N–C) groups is 1. The van der Waals surface area contributed by atoms with E-state index in [-0.39, 0.29) is 0 Å². The molecule has 3 rings (SSSR count). The molecule has 1 saturated heterocycles. The average Bonchev–Trinajstić information content (AvgIpc) is 3.20. The summed E-state index contributed by atoms with van der Waals surface area (Å²) in [5, 5.41) is 0. The van der Waals surface area contributed by atoms with Crippen LogP contribution >= 0.6 is 0 Å². The Balaban J connectivity index is 1.50. The van der Waals surface area contributed by atoms with Gasteiger partial charge in [-0.2, -0.15) is 0 Å². The Morgan fingerprint density at radius 1 is 1.11 bits per heavy atom. The van der Waals surface area contributed by atoms with Crippen LogP contribution in [0.3, 0.4) is 0 Å². The van der Waals surface area contributed by atoms with Gasteiger partial charge in [0.1, 0.15) is 0 Å². The second-order valence-corrected chi connectivity index (χ2v) is 5.95. The number of morpholine rings is 1. The smallest absolute Gasteiger partial charge is 0.191 e. The van der Waals surface area contributed by atoms with Gasteiger partial charge in [0.15, 0.2) is 5.96 Å². The van der Waals surface area contributed by atoms with Gasteiger partial charge in [0.05, 0.1) is 19.3 Å². The van der Waals surface area contributed by atoms with Gasteiger partial charge >= 0.3 is 0 Å². The summed E-state index contributed by atoms with van der Waals surface area (Å²) in [6.07, 6.45) is 8.41. The molecule has 2 aliphatic carbocycles. The molecule has 0 radical (unpaired) electrons. The lowest BCUT2D eigenvalue weighted by Gasteiger charge is -2.27. The summed E-state index contributed by atoms with van der Waals surface area (Å²) in [5.74, 6) is 2.52. The van der Waals surface area contributed by atoms with Crippen molar-refractivity contribution >= 4 is 5.96 Å². The van der Waals surface area contributed by atoms with Crippen molar-refractivity contribution in [1.82, 2.24) is 4.90 Å². The fourth-order valence-electron chi connectivity index (χ4n) is 3.46. The van der Waals surface area contributed by atoms with E-state index in [2.05, 4.69) is 4.90 Å². The number of nitrogens with two attached hydrogens (primary N) is 1. The first-order valence-corrected chi connectivity index (χ1v) is 7.50. The summed E-state index contributed by atoms with van der Waals surface area (Å²) in [4.78, 5) is 6.90. The van der Waals surface area contributed by atoms with E-state index >= 15 is 0 Å². The number of nitrogens with zero attached hydrogens (tertiary/aromatic N) is 2.